The number of fused-ring (bicyclic) bond motifs is 2. The van der Waals surface area contributed by atoms with E-state index >= 15 is 0 Å². The van der Waals surface area contributed by atoms with Gasteiger partial charge in [0.25, 0.3) is 0 Å². The molecule has 6 nitrogen and oxygen atoms in total. The number of hydrogen-bond donors (Lipinski definition) is 3. The van der Waals surface area contributed by atoms with Gasteiger partial charge in [-0.2, -0.15) is 0 Å². The number of esters is 1. The highest BCUT2D eigenvalue weighted by Gasteiger charge is 2.23. The van der Waals surface area contributed by atoms with E-state index in [9.17, 15) is 18.4 Å². The van der Waals surface area contributed by atoms with Gasteiger partial charge in [-0.25, -0.2) is 18.4 Å². The van der Waals surface area contributed by atoms with Crippen LogP contribution in [0.5, 0.6) is 0 Å². The Hall–Kier alpha value is -2.26. The summed E-state index contributed by atoms with van der Waals surface area (Å²) in [4.78, 5) is 22.1. The van der Waals surface area contributed by atoms with Crippen molar-refractivity contribution in [2.24, 2.45) is 11.5 Å². The van der Waals surface area contributed by atoms with Gasteiger partial charge in [0.1, 0.15) is 11.6 Å². The second kappa shape index (κ2) is 12.3. The molecular weight excluding hydrogens is 477 g/mol. The van der Waals surface area contributed by atoms with E-state index in [2.05, 4.69) is 4.74 Å². The van der Waals surface area contributed by atoms with Gasteiger partial charge < -0.3 is 21.3 Å². The van der Waals surface area contributed by atoms with E-state index in [0.29, 0.717) is 0 Å². The molecule has 0 aliphatic heterocycles. The molecule has 2 aromatic carbocycles. The van der Waals surface area contributed by atoms with E-state index in [1.165, 1.54) is 31.4 Å². The second-order valence-electron chi connectivity index (χ2n) is 7.86. The van der Waals surface area contributed by atoms with Gasteiger partial charge in [0, 0.05) is 12.1 Å². The lowest BCUT2D eigenvalue weighted by Gasteiger charge is -2.22. The zero-order valence-electron chi connectivity index (χ0n) is 18.1. The third kappa shape index (κ3) is 6.41. The van der Waals surface area contributed by atoms with E-state index in [0.717, 1.165) is 60.8 Å². The first-order valence-electron chi connectivity index (χ1n) is 10.2. The topological polar surface area (TPSA) is 116 Å². The second-order valence-corrected chi connectivity index (χ2v) is 7.86. The minimum atomic E-state index is -1.24. The molecule has 5 N–H and O–H groups in total. The maximum atomic E-state index is 13.6. The van der Waals surface area contributed by atoms with Crippen molar-refractivity contribution in [2.75, 3.05) is 7.11 Å². The summed E-state index contributed by atoms with van der Waals surface area (Å²) in [6.45, 7) is 0. The molecule has 0 saturated carbocycles. The Kier molecular flexibility index (Phi) is 10.7. The molecule has 2 aromatic rings. The number of hydrogen-bond acceptors (Lipinski definition) is 5. The fourth-order valence-electron chi connectivity index (χ4n) is 4.15. The molecule has 0 spiro atoms. The van der Waals surface area contributed by atoms with Crippen LogP contribution in [0.25, 0.3) is 0 Å². The van der Waals surface area contributed by atoms with Crippen molar-refractivity contribution in [1.29, 1.82) is 0 Å². The van der Waals surface area contributed by atoms with Gasteiger partial charge in [-0.05, 0) is 85.0 Å². The quantitative estimate of drug-likeness (QED) is 0.512. The van der Waals surface area contributed by atoms with Crippen molar-refractivity contribution in [2.45, 2.75) is 50.6 Å². The van der Waals surface area contributed by atoms with Crippen LogP contribution < -0.4 is 11.5 Å². The van der Waals surface area contributed by atoms with Crippen molar-refractivity contribution in [1.82, 2.24) is 0 Å². The summed E-state index contributed by atoms with van der Waals surface area (Å²) in [5, 5.41) is 8.77. The Morgan fingerprint density at radius 2 is 1.30 bits per heavy atom. The van der Waals surface area contributed by atoms with Crippen molar-refractivity contribution < 1.29 is 28.2 Å². The molecule has 0 amide bonds. The van der Waals surface area contributed by atoms with Crippen LogP contribution in [0.2, 0.25) is 0 Å². The average molecular weight is 505 g/mol. The first kappa shape index (κ1) is 28.8. The van der Waals surface area contributed by atoms with E-state index in [4.69, 9.17) is 16.6 Å². The molecule has 0 unspecified atom stereocenters. The van der Waals surface area contributed by atoms with Crippen LogP contribution in [-0.4, -0.2) is 24.2 Å². The molecule has 2 aliphatic carbocycles. The number of carbonyl (C=O) groups is 2. The number of methoxy groups -OCH3 is 1. The Morgan fingerprint density at radius 1 is 0.879 bits per heavy atom. The first-order chi connectivity index (χ1) is 14.7. The normalized spacial score (nSPS) is 18.2. The predicted molar refractivity (Wildman–Crippen MR) is 125 cm³/mol. The standard InChI is InChI=1S/C12H14FNO2.C11H12FNO2.2ClH/c1-16-12(15)9-6-8-7(5-10(9)13)3-2-4-11(8)14;12-9-4-6-2-1-3-10(13)7(6)5-8(9)11(14)15;;/h5-6,11H,2-4,14H2,1H3;4-5,10H,1-3,13H2,(H,14,15);2*1H/t11-;10-;;/m11../s1. The fourth-order valence-corrected chi connectivity index (χ4v) is 4.15. The lowest BCUT2D eigenvalue weighted by Crippen LogP contribution is -2.19. The number of benzene rings is 2. The van der Waals surface area contributed by atoms with Crippen molar-refractivity contribution in [3.8, 4) is 0 Å². The first-order valence-corrected chi connectivity index (χ1v) is 10.2. The van der Waals surface area contributed by atoms with E-state index in [1.807, 2.05) is 0 Å². The molecule has 182 valence electrons. The van der Waals surface area contributed by atoms with Crippen LogP contribution in [0, 0.1) is 11.6 Å². The minimum Gasteiger partial charge on any atom is -0.478 e. The minimum absolute atomic E-state index is 0. The highest BCUT2D eigenvalue weighted by molar-refractivity contribution is 5.90. The smallest absolute Gasteiger partial charge is 0.340 e. The number of rotatable bonds is 2. The summed E-state index contributed by atoms with van der Waals surface area (Å²) in [5.74, 6) is -3.10. The van der Waals surface area contributed by atoms with Crippen molar-refractivity contribution in [3.63, 3.8) is 0 Å². The molecular formula is C23H28Cl2F2N2O4. The van der Waals surface area contributed by atoms with Crippen LogP contribution in [0.15, 0.2) is 24.3 Å². The third-order valence-electron chi connectivity index (χ3n) is 5.81. The van der Waals surface area contributed by atoms with Gasteiger partial charge in [0.05, 0.1) is 18.2 Å². The molecule has 0 bridgehead atoms. The number of ether oxygens (including phenoxy) is 1. The highest BCUT2D eigenvalue weighted by atomic mass is 35.5. The number of carbonyl (C=O) groups excluding carboxylic acids is 1. The van der Waals surface area contributed by atoms with Gasteiger partial charge in [0.15, 0.2) is 0 Å². The van der Waals surface area contributed by atoms with E-state index in [1.54, 1.807) is 0 Å². The summed E-state index contributed by atoms with van der Waals surface area (Å²) in [5.41, 5.74) is 14.9. The summed E-state index contributed by atoms with van der Waals surface area (Å²) in [7, 11) is 1.24. The molecule has 10 heteroatoms. The lowest BCUT2D eigenvalue weighted by molar-refractivity contribution is 0.0594. The number of carboxylic acid groups (broad SMARTS) is 1. The zero-order valence-corrected chi connectivity index (χ0v) is 19.7. The van der Waals surface area contributed by atoms with Crippen LogP contribution >= 0.6 is 24.8 Å². The van der Waals surface area contributed by atoms with Crippen LogP contribution in [-0.2, 0) is 17.6 Å². The van der Waals surface area contributed by atoms with Crippen molar-refractivity contribution >= 4 is 36.8 Å². The molecule has 4 rings (SSSR count). The molecule has 0 aromatic heterocycles. The highest BCUT2D eigenvalue weighted by Crippen LogP contribution is 2.31. The molecule has 2 aliphatic rings. The molecule has 2 atom stereocenters. The average Bonchev–Trinajstić information content (AvgIpc) is 2.73. The monoisotopic (exact) mass is 504 g/mol. The van der Waals surface area contributed by atoms with Gasteiger partial charge >= 0.3 is 11.9 Å². The molecule has 33 heavy (non-hydrogen) atoms. The molecule has 0 heterocycles. The third-order valence-corrected chi connectivity index (χ3v) is 5.81. The predicted octanol–water partition coefficient (Wildman–Crippen LogP) is 4.65. The van der Waals surface area contributed by atoms with Gasteiger partial charge in [0.2, 0.25) is 0 Å². The molecule has 0 radical (unpaired) electrons. The summed E-state index contributed by atoms with van der Waals surface area (Å²) < 4.78 is 31.5. The lowest BCUT2D eigenvalue weighted by atomic mass is 9.87. The fraction of sp³-hybridized carbons (Fsp3) is 0.391. The molecule has 0 fully saturated rings. The Morgan fingerprint density at radius 3 is 1.73 bits per heavy atom. The SMILES string of the molecule is COC(=O)c1cc2c(cc1F)CCC[C@H]2N.Cl.Cl.N[C@@H]1CCCc2cc(F)c(C(=O)O)cc21. The maximum Gasteiger partial charge on any atom is 0.340 e. The molecule has 0 saturated heterocycles. The Labute approximate surface area is 203 Å². The summed E-state index contributed by atoms with van der Waals surface area (Å²) in [6.07, 6.45) is 5.20. The summed E-state index contributed by atoms with van der Waals surface area (Å²) >= 11 is 0. The van der Waals surface area contributed by atoms with Crippen LogP contribution in [0.3, 0.4) is 0 Å². The Balaban J connectivity index is 0.000000312. The number of carboxylic acids is 1. The number of aromatic carboxylic acids is 1. The van der Waals surface area contributed by atoms with Gasteiger partial charge in [-0.3, -0.25) is 0 Å². The largest absolute Gasteiger partial charge is 0.478 e. The van der Waals surface area contributed by atoms with Crippen molar-refractivity contribution in [3.05, 3.63) is 69.3 Å². The van der Waals surface area contributed by atoms with Gasteiger partial charge in [-0.1, -0.05) is 0 Å². The summed E-state index contributed by atoms with van der Waals surface area (Å²) in [6, 6.07) is 5.34. The zero-order chi connectivity index (χ0) is 22.7. The number of nitrogens with two attached hydrogens (primary N) is 2. The van der Waals surface area contributed by atoms with Crippen LogP contribution in [0.4, 0.5) is 8.78 Å². The van der Waals surface area contributed by atoms with E-state index < -0.39 is 23.6 Å². The van der Waals surface area contributed by atoms with E-state index in [-0.39, 0.29) is 48.0 Å². The number of aryl methyl sites for hydroxylation is 2. The van der Waals surface area contributed by atoms with Gasteiger partial charge in [-0.15, -0.1) is 24.8 Å². The Bertz CT molecular complexity index is 1020. The van der Waals surface area contributed by atoms with Crippen LogP contribution in [0.1, 0.15) is 80.7 Å². The number of halogens is 4. The maximum absolute atomic E-state index is 13.6.